The van der Waals surface area contributed by atoms with E-state index in [4.69, 9.17) is 17.3 Å². The van der Waals surface area contributed by atoms with Crippen LogP contribution in [0.15, 0.2) is 40.6 Å². The SMILES string of the molecule is C[C@@H](C(=O)Nc1ccc(O)c(C(=O)O)c1)N1C(=O)/C(=C/c2cccs2)SC1=S. The van der Waals surface area contributed by atoms with Crippen LogP contribution in [0.25, 0.3) is 6.08 Å². The van der Waals surface area contributed by atoms with Crippen molar-refractivity contribution in [3.8, 4) is 5.75 Å². The number of carboxylic acids is 1. The van der Waals surface area contributed by atoms with Crippen molar-refractivity contribution in [2.24, 2.45) is 0 Å². The zero-order valence-electron chi connectivity index (χ0n) is 14.4. The minimum absolute atomic E-state index is 0.187. The Kier molecular flexibility index (Phi) is 5.82. The minimum Gasteiger partial charge on any atom is -0.507 e. The van der Waals surface area contributed by atoms with Crippen molar-refractivity contribution >= 4 is 69.2 Å². The van der Waals surface area contributed by atoms with Crippen LogP contribution in [0, 0.1) is 0 Å². The number of aromatic carboxylic acids is 1. The van der Waals surface area contributed by atoms with E-state index in [0.29, 0.717) is 4.91 Å². The van der Waals surface area contributed by atoms with E-state index in [1.165, 1.54) is 35.3 Å². The number of rotatable bonds is 5. The molecule has 1 aliphatic heterocycles. The second kappa shape index (κ2) is 8.13. The van der Waals surface area contributed by atoms with Gasteiger partial charge in [-0.15, -0.1) is 11.3 Å². The molecular weight excluding hydrogens is 420 g/mol. The molecule has 7 nitrogen and oxygen atoms in total. The van der Waals surface area contributed by atoms with E-state index in [2.05, 4.69) is 5.32 Å². The third-order valence-corrected chi connectivity index (χ3v) is 6.05. The van der Waals surface area contributed by atoms with Gasteiger partial charge in [0.2, 0.25) is 5.91 Å². The van der Waals surface area contributed by atoms with Gasteiger partial charge in [-0.05, 0) is 42.6 Å². The molecule has 3 rings (SSSR count). The molecular formula is C18H14N2O5S3. The maximum absolute atomic E-state index is 12.7. The Morgan fingerprint density at radius 3 is 2.71 bits per heavy atom. The standard InChI is InChI=1S/C18H14N2O5S3/c1-9(15(22)19-10-4-5-13(21)12(7-10)17(24)25)20-16(23)14(28-18(20)26)8-11-3-2-6-27-11/h2-9,21H,1H3,(H,19,22)(H,24,25)/b14-8-/t9-/m0/s1. The third kappa shape index (κ3) is 4.08. The van der Waals surface area contributed by atoms with E-state index in [1.54, 1.807) is 6.08 Å². The molecule has 0 bridgehead atoms. The lowest BCUT2D eigenvalue weighted by molar-refractivity contribution is -0.129. The minimum atomic E-state index is -1.32. The van der Waals surface area contributed by atoms with Crippen molar-refractivity contribution in [3.05, 3.63) is 51.1 Å². The van der Waals surface area contributed by atoms with Gasteiger partial charge in [0.25, 0.3) is 5.91 Å². The quantitative estimate of drug-likeness (QED) is 0.376. The smallest absolute Gasteiger partial charge is 0.339 e. The van der Waals surface area contributed by atoms with E-state index in [1.807, 2.05) is 17.5 Å². The van der Waals surface area contributed by atoms with Gasteiger partial charge < -0.3 is 15.5 Å². The van der Waals surface area contributed by atoms with Gasteiger partial charge in [0, 0.05) is 10.6 Å². The first-order valence-corrected chi connectivity index (χ1v) is 10.1. The number of thiophene rings is 1. The summed E-state index contributed by atoms with van der Waals surface area (Å²) in [6.45, 7) is 1.53. The highest BCUT2D eigenvalue weighted by molar-refractivity contribution is 8.26. The molecule has 0 saturated carbocycles. The Morgan fingerprint density at radius 2 is 2.07 bits per heavy atom. The number of thiocarbonyl (C=S) groups is 1. The fourth-order valence-electron chi connectivity index (χ4n) is 2.47. The van der Waals surface area contributed by atoms with Crippen LogP contribution in [0.1, 0.15) is 22.2 Å². The van der Waals surface area contributed by atoms with Crippen LogP contribution in [0.2, 0.25) is 0 Å². The van der Waals surface area contributed by atoms with Crippen LogP contribution < -0.4 is 5.32 Å². The summed E-state index contributed by atoms with van der Waals surface area (Å²) in [5.41, 5.74) is -0.151. The Hall–Kier alpha value is -2.69. The molecule has 0 unspecified atom stereocenters. The lowest BCUT2D eigenvalue weighted by Gasteiger charge is -2.22. The lowest BCUT2D eigenvalue weighted by Crippen LogP contribution is -2.44. The van der Waals surface area contributed by atoms with Crippen LogP contribution in [-0.4, -0.2) is 43.3 Å². The topological polar surface area (TPSA) is 107 Å². The van der Waals surface area contributed by atoms with Crippen molar-refractivity contribution in [3.63, 3.8) is 0 Å². The number of amides is 2. The molecule has 2 amide bonds. The van der Waals surface area contributed by atoms with E-state index in [9.17, 15) is 19.5 Å². The first-order chi connectivity index (χ1) is 13.3. The Labute approximate surface area is 173 Å². The van der Waals surface area contributed by atoms with Gasteiger partial charge in [-0.2, -0.15) is 0 Å². The number of nitrogens with zero attached hydrogens (tertiary/aromatic N) is 1. The van der Waals surface area contributed by atoms with E-state index >= 15 is 0 Å². The number of thioether (sulfide) groups is 1. The van der Waals surface area contributed by atoms with Gasteiger partial charge in [0.05, 0.1) is 4.91 Å². The zero-order chi connectivity index (χ0) is 20.4. The molecule has 0 spiro atoms. The predicted molar refractivity (Wildman–Crippen MR) is 112 cm³/mol. The van der Waals surface area contributed by atoms with Crippen molar-refractivity contribution in [2.75, 3.05) is 5.32 Å². The van der Waals surface area contributed by atoms with Crippen LogP contribution >= 0.6 is 35.3 Å². The third-order valence-electron chi connectivity index (χ3n) is 3.90. The summed E-state index contributed by atoms with van der Waals surface area (Å²) in [5.74, 6) is -2.62. The first kappa shape index (κ1) is 20.1. The average molecular weight is 435 g/mol. The molecule has 1 atom stereocenters. The predicted octanol–water partition coefficient (Wildman–Crippen LogP) is 3.38. The monoisotopic (exact) mass is 434 g/mol. The van der Waals surface area contributed by atoms with E-state index < -0.39 is 23.7 Å². The number of hydrogen-bond acceptors (Lipinski definition) is 7. The number of hydrogen-bond donors (Lipinski definition) is 3. The molecule has 2 heterocycles. The second-order valence-electron chi connectivity index (χ2n) is 5.77. The number of anilines is 1. The molecule has 3 N–H and O–H groups in total. The fourth-order valence-corrected chi connectivity index (χ4v) is 4.61. The zero-order valence-corrected chi connectivity index (χ0v) is 16.9. The Balaban J connectivity index is 1.76. The Morgan fingerprint density at radius 1 is 1.32 bits per heavy atom. The summed E-state index contributed by atoms with van der Waals surface area (Å²) < 4.78 is 0.271. The van der Waals surface area contributed by atoms with Crippen molar-refractivity contribution < 1.29 is 24.6 Å². The molecule has 1 saturated heterocycles. The highest BCUT2D eigenvalue weighted by Crippen LogP contribution is 2.34. The largest absolute Gasteiger partial charge is 0.507 e. The number of phenols is 1. The van der Waals surface area contributed by atoms with E-state index in [-0.39, 0.29) is 21.5 Å². The molecule has 10 heteroatoms. The van der Waals surface area contributed by atoms with Crippen LogP contribution in [-0.2, 0) is 9.59 Å². The van der Waals surface area contributed by atoms with Crippen molar-refractivity contribution in [1.29, 1.82) is 0 Å². The summed E-state index contributed by atoms with van der Waals surface area (Å²) in [5, 5.41) is 23.1. The van der Waals surface area contributed by atoms with E-state index in [0.717, 1.165) is 22.7 Å². The van der Waals surface area contributed by atoms with Gasteiger partial charge in [-0.25, -0.2) is 4.79 Å². The van der Waals surface area contributed by atoms with Crippen LogP contribution in [0.4, 0.5) is 5.69 Å². The van der Waals surface area contributed by atoms with Gasteiger partial charge in [-0.1, -0.05) is 30.0 Å². The molecule has 2 aromatic rings. The summed E-state index contributed by atoms with van der Waals surface area (Å²) in [7, 11) is 0. The summed E-state index contributed by atoms with van der Waals surface area (Å²) in [6.07, 6.45) is 1.73. The van der Waals surface area contributed by atoms with Gasteiger partial charge in [0.1, 0.15) is 21.7 Å². The number of carboxylic acid groups (broad SMARTS) is 1. The summed E-state index contributed by atoms with van der Waals surface area (Å²) >= 11 is 7.87. The average Bonchev–Trinajstić information content (AvgIpc) is 3.24. The molecule has 1 aliphatic rings. The van der Waals surface area contributed by atoms with Gasteiger partial charge in [-0.3, -0.25) is 14.5 Å². The van der Waals surface area contributed by atoms with Crippen LogP contribution in [0.3, 0.4) is 0 Å². The van der Waals surface area contributed by atoms with Crippen LogP contribution in [0.5, 0.6) is 5.75 Å². The molecule has 1 aromatic heterocycles. The lowest BCUT2D eigenvalue weighted by atomic mass is 10.1. The molecule has 0 radical (unpaired) electrons. The van der Waals surface area contributed by atoms with Crippen molar-refractivity contribution in [2.45, 2.75) is 13.0 Å². The van der Waals surface area contributed by atoms with Crippen molar-refractivity contribution in [1.82, 2.24) is 4.90 Å². The molecule has 144 valence electrons. The Bertz CT molecular complexity index is 1000. The maximum Gasteiger partial charge on any atom is 0.339 e. The number of benzene rings is 1. The molecule has 1 fully saturated rings. The highest BCUT2D eigenvalue weighted by atomic mass is 32.2. The number of aromatic hydroxyl groups is 1. The summed E-state index contributed by atoms with van der Waals surface area (Å²) in [4.78, 5) is 38.9. The number of carbonyl (C=O) groups is 3. The molecule has 1 aromatic carbocycles. The maximum atomic E-state index is 12.7. The number of nitrogens with one attached hydrogen (secondary N) is 1. The summed E-state index contributed by atoms with van der Waals surface area (Å²) in [6, 6.07) is 6.53. The second-order valence-corrected chi connectivity index (χ2v) is 8.42. The number of carbonyl (C=O) groups excluding carboxylic acids is 2. The molecule has 28 heavy (non-hydrogen) atoms. The van der Waals surface area contributed by atoms with Gasteiger partial charge >= 0.3 is 5.97 Å². The van der Waals surface area contributed by atoms with Gasteiger partial charge in [0.15, 0.2) is 0 Å². The molecule has 0 aliphatic carbocycles. The fraction of sp³-hybridized carbons (Fsp3) is 0.111. The normalized spacial score (nSPS) is 16.5. The highest BCUT2D eigenvalue weighted by Gasteiger charge is 2.38. The first-order valence-electron chi connectivity index (χ1n) is 7.95.